The number of halogens is 1. The topological polar surface area (TPSA) is 77.1 Å². The summed E-state index contributed by atoms with van der Waals surface area (Å²) in [7, 11) is 0. The van der Waals surface area contributed by atoms with Crippen molar-refractivity contribution < 1.29 is 28.2 Å². The number of hydrogen-bond acceptors (Lipinski definition) is 5. The molecule has 1 aliphatic rings. The van der Waals surface area contributed by atoms with Crippen molar-refractivity contribution in [3.63, 3.8) is 0 Å². The van der Waals surface area contributed by atoms with E-state index in [1.54, 1.807) is 54.6 Å². The van der Waals surface area contributed by atoms with Gasteiger partial charge in [0.2, 0.25) is 5.91 Å². The van der Waals surface area contributed by atoms with Crippen molar-refractivity contribution >= 4 is 17.5 Å². The van der Waals surface area contributed by atoms with Gasteiger partial charge in [-0.15, -0.1) is 0 Å². The number of ether oxygens (including phenoxy) is 3. The van der Waals surface area contributed by atoms with Crippen LogP contribution in [0.25, 0.3) is 0 Å². The van der Waals surface area contributed by atoms with Crippen LogP contribution in [0.15, 0.2) is 66.7 Å². The van der Waals surface area contributed by atoms with Gasteiger partial charge in [-0.2, -0.15) is 0 Å². The first kappa shape index (κ1) is 23.1. The van der Waals surface area contributed by atoms with Gasteiger partial charge in [0.05, 0.1) is 0 Å². The van der Waals surface area contributed by atoms with Crippen molar-refractivity contribution in [3.05, 3.63) is 83.7 Å². The Kier molecular flexibility index (Phi) is 7.27. The first-order chi connectivity index (χ1) is 16.5. The maximum atomic E-state index is 13.1. The van der Waals surface area contributed by atoms with Gasteiger partial charge in [0.15, 0.2) is 11.5 Å². The molecule has 0 saturated heterocycles. The minimum absolute atomic E-state index is 0.107. The quantitative estimate of drug-likeness (QED) is 0.539. The van der Waals surface area contributed by atoms with Gasteiger partial charge in [-0.25, -0.2) is 4.39 Å². The van der Waals surface area contributed by atoms with Gasteiger partial charge in [-0.3, -0.25) is 9.59 Å². The van der Waals surface area contributed by atoms with E-state index in [0.29, 0.717) is 48.3 Å². The third kappa shape index (κ3) is 5.83. The molecule has 0 aromatic heterocycles. The van der Waals surface area contributed by atoms with Crippen LogP contribution < -0.4 is 19.5 Å². The van der Waals surface area contributed by atoms with Crippen molar-refractivity contribution in [3.8, 4) is 17.2 Å². The van der Waals surface area contributed by atoms with Crippen molar-refractivity contribution in [2.75, 3.05) is 31.6 Å². The zero-order chi connectivity index (χ0) is 23.9. The number of carbonyl (C=O) groups is 2. The summed E-state index contributed by atoms with van der Waals surface area (Å²) < 4.78 is 29.8. The highest BCUT2D eigenvalue weighted by Crippen LogP contribution is 2.32. The Bertz CT molecular complexity index is 1170. The highest BCUT2D eigenvalue weighted by atomic mass is 19.1. The molecule has 0 spiro atoms. The largest absolute Gasteiger partial charge is 0.489 e. The van der Waals surface area contributed by atoms with Crippen LogP contribution in [0.4, 0.5) is 10.1 Å². The highest BCUT2D eigenvalue weighted by Gasteiger charge is 2.19. The van der Waals surface area contributed by atoms with E-state index >= 15 is 0 Å². The molecule has 2 amide bonds. The van der Waals surface area contributed by atoms with Crippen molar-refractivity contribution in [1.29, 1.82) is 0 Å². The average Bonchev–Trinajstić information content (AvgIpc) is 2.86. The monoisotopic (exact) mass is 464 g/mol. The van der Waals surface area contributed by atoms with Gasteiger partial charge in [0, 0.05) is 23.9 Å². The van der Waals surface area contributed by atoms with Crippen LogP contribution in [0.1, 0.15) is 22.8 Å². The van der Waals surface area contributed by atoms with Gasteiger partial charge in [-0.1, -0.05) is 18.2 Å². The smallest absolute Gasteiger partial charge is 0.254 e. The number of nitrogens with one attached hydrogen (secondary N) is 1. The van der Waals surface area contributed by atoms with E-state index in [4.69, 9.17) is 14.2 Å². The molecule has 0 bridgehead atoms. The highest BCUT2D eigenvalue weighted by molar-refractivity contribution is 5.99. The Morgan fingerprint density at radius 1 is 1.00 bits per heavy atom. The van der Waals surface area contributed by atoms with E-state index in [9.17, 15) is 14.0 Å². The molecule has 7 nitrogen and oxygen atoms in total. The summed E-state index contributed by atoms with van der Waals surface area (Å²) in [5, 5.41) is 2.80. The average molecular weight is 464 g/mol. The number of rotatable bonds is 8. The van der Waals surface area contributed by atoms with Crippen molar-refractivity contribution in [1.82, 2.24) is 4.90 Å². The van der Waals surface area contributed by atoms with E-state index < -0.39 is 0 Å². The van der Waals surface area contributed by atoms with Crippen LogP contribution in [0.2, 0.25) is 0 Å². The fourth-order valence-corrected chi connectivity index (χ4v) is 3.47. The minimum atomic E-state index is -0.324. The second-order valence-electron chi connectivity index (χ2n) is 7.67. The van der Waals surface area contributed by atoms with E-state index in [1.165, 1.54) is 17.0 Å². The number of fused-ring (bicyclic) bond motifs is 1. The molecule has 0 aliphatic carbocycles. The molecule has 0 unspecified atom stereocenters. The lowest BCUT2D eigenvalue weighted by Gasteiger charge is -2.22. The molecule has 0 fully saturated rings. The summed E-state index contributed by atoms with van der Waals surface area (Å²) >= 11 is 0. The molecule has 1 aliphatic heterocycles. The van der Waals surface area contributed by atoms with Crippen LogP contribution in [0, 0.1) is 5.82 Å². The van der Waals surface area contributed by atoms with E-state index in [-0.39, 0.29) is 30.8 Å². The lowest BCUT2D eigenvalue weighted by Crippen LogP contribution is -2.37. The zero-order valence-corrected chi connectivity index (χ0v) is 18.8. The summed E-state index contributed by atoms with van der Waals surface area (Å²) in [4.78, 5) is 27.1. The zero-order valence-electron chi connectivity index (χ0n) is 18.8. The Morgan fingerprint density at radius 2 is 1.76 bits per heavy atom. The van der Waals surface area contributed by atoms with Crippen LogP contribution in [-0.2, 0) is 11.4 Å². The summed E-state index contributed by atoms with van der Waals surface area (Å²) in [6.07, 6.45) is 0. The summed E-state index contributed by atoms with van der Waals surface area (Å²) in [5.74, 6) is 0.796. The Balaban J connectivity index is 1.36. The molecule has 3 aromatic rings. The fourth-order valence-electron chi connectivity index (χ4n) is 3.47. The van der Waals surface area contributed by atoms with Crippen molar-refractivity contribution in [2.24, 2.45) is 0 Å². The number of hydrogen-bond donors (Lipinski definition) is 1. The fraction of sp³-hybridized carbons (Fsp3) is 0.231. The maximum Gasteiger partial charge on any atom is 0.254 e. The lowest BCUT2D eigenvalue weighted by atomic mass is 10.2. The predicted molar refractivity (Wildman–Crippen MR) is 125 cm³/mol. The van der Waals surface area contributed by atoms with Crippen LogP contribution in [0.3, 0.4) is 0 Å². The normalized spacial score (nSPS) is 12.1. The number of carbonyl (C=O) groups excluding carboxylic acids is 2. The molecular formula is C26H25FN2O5. The third-order valence-electron chi connectivity index (χ3n) is 5.23. The molecule has 8 heteroatoms. The molecular weight excluding hydrogens is 439 g/mol. The van der Waals surface area contributed by atoms with E-state index in [2.05, 4.69) is 5.32 Å². The first-order valence-electron chi connectivity index (χ1n) is 11.0. The lowest BCUT2D eigenvalue weighted by molar-refractivity contribution is -0.116. The molecule has 0 radical (unpaired) electrons. The summed E-state index contributed by atoms with van der Waals surface area (Å²) in [6.45, 7) is 3.25. The maximum absolute atomic E-state index is 13.1. The summed E-state index contributed by atoms with van der Waals surface area (Å²) in [6, 6.07) is 18.0. The van der Waals surface area contributed by atoms with Gasteiger partial charge in [0.25, 0.3) is 5.91 Å². The number of anilines is 1. The molecule has 1 heterocycles. The molecule has 176 valence electrons. The summed E-state index contributed by atoms with van der Waals surface area (Å²) in [5.41, 5.74) is 1.78. The second kappa shape index (κ2) is 10.7. The predicted octanol–water partition coefficient (Wildman–Crippen LogP) is 4.28. The molecule has 0 saturated carbocycles. The van der Waals surface area contributed by atoms with Crippen LogP contribution in [-0.4, -0.2) is 43.0 Å². The van der Waals surface area contributed by atoms with Gasteiger partial charge in [-0.05, 0) is 55.0 Å². The Hall–Kier alpha value is -4.07. The first-order valence-corrected chi connectivity index (χ1v) is 11.0. The SMILES string of the molecule is CCN(CC(=O)Nc1ccc2c(c1)OCCO2)C(=O)c1cccc(OCc2ccc(F)cc2)c1. The number of benzene rings is 3. The number of likely N-dealkylation sites (N-methyl/N-ethyl adjacent to an activating group) is 1. The molecule has 34 heavy (non-hydrogen) atoms. The van der Waals surface area contributed by atoms with Gasteiger partial charge < -0.3 is 24.4 Å². The van der Waals surface area contributed by atoms with E-state index in [1.807, 2.05) is 6.92 Å². The Labute approximate surface area is 197 Å². The second-order valence-corrected chi connectivity index (χ2v) is 7.67. The molecule has 1 N–H and O–H groups in total. The van der Waals surface area contributed by atoms with E-state index in [0.717, 1.165) is 5.56 Å². The van der Waals surface area contributed by atoms with Crippen LogP contribution >= 0.6 is 0 Å². The number of amides is 2. The van der Waals surface area contributed by atoms with Crippen LogP contribution in [0.5, 0.6) is 17.2 Å². The third-order valence-corrected chi connectivity index (χ3v) is 5.23. The van der Waals surface area contributed by atoms with Gasteiger partial charge in [0.1, 0.15) is 37.9 Å². The molecule has 4 rings (SSSR count). The Morgan fingerprint density at radius 3 is 2.53 bits per heavy atom. The molecule has 3 aromatic carbocycles. The van der Waals surface area contributed by atoms with Crippen molar-refractivity contribution in [2.45, 2.75) is 13.5 Å². The van der Waals surface area contributed by atoms with Gasteiger partial charge >= 0.3 is 0 Å². The standard InChI is InChI=1S/C26H25FN2O5/c1-2-29(16-25(30)28-21-10-11-23-24(15-21)33-13-12-32-23)26(31)19-4-3-5-22(14-19)34-17-18-6-8-20(27)9-7-18/h3-11,14-15H,2,12-13,16-17H2,1H3,(H,28,30). The molecule has 0 atom stereocenters. The number of nitrogens with zero attached hydrogens (tertiary/aromatic N) is 1. The minimum Gasteiger partial charge on any atom is -0.489 e.